The third-order valence-electron chi connectivity index (χ3n) is 3.20. The van der Waals surface area contributed by atoms with Crippen molar-refractivity contribution in [3.8, 4) is 11.5 Å². The van der Waals surface area contributed by atoms with Gasteiger partial charge in [0, 0.05) is 16.2 Å². The van der Waals surface area contributed by atoms with E-state index in [1.807, 2.05) is 42.5 Å². The van der Waals surface area contributed by atoms with Crippen LogP contribution in [0.25, 0.3) is 21.5 Å². The maximum absolute atomic E-state index is 10.6. The summed E-state index contributed by atoms with van der Waals surface area (Å²) in [6.45, 7) is 0.441. The van der Waals surface area contributed by atoms with Crippen LogP contribution in [0.2, 0.25) is 0 Å². The summed E-state index contributed by atoms with van der Waals surface area (Å²) in [7, 11) is 1.65. The number of ether oxygens (including phenoxy) is 2. The van der Waals surface area contributed by atoms with Gasteiger partial charge in [-0.15, -0.1) is 0 Å². The minimum absolute atomic E-state index is 0.441. The number of hydrogen-bond acceptors (Lipinski definition) is 3. The fourth-order valence-corrected chi connectivity index (χ4v) is 2.40. The molecule has 0 saturated heterocycles. The fraction of sp³-hybridized carbons (Fsp3) is 0.0625. The molecule has 0 N–H and O–H groups in total. The van der Waals surface area contributed by atoms with Gasteiger partial charge >= 0.3 is 0 Å². The third kappa shape index (κ3) is 1.80. The van der Waals surface area contributed by atoms with Crippen LogP contribution in [0.15, 0.2) is 48.5 Å². The lowest BCUT2D eigenvalue weighted by atomic mass is 10.0. The molecule has 0 aliphatic heterocycles. The Morgan fingerprint density at radius 1 is 0.947 bits per heavy atom. The molecular weight excluding hydrogens is 240 g/mol. The average Bonchev–Trinajstić information content (AvgIpc) is 2.45. The number of fused-ring (bicyclic) bond motifs is 2. The van der Waals surface area contributed by atoms with E-state index in [9.17, 15) is 4.79 Å². The van der Waals surface area contributed by atoms with Crippen molar-refractivity contribution >= 4 is 28.0 Å². The zero-order valence-electron chi connectivity index (χ0n) is 10.4. The van der Waals surface area contributed by atoms with Crippen molar-refractivity contribution < 1.29 is 14.3 Å². The smallest absolute Gasteiger partial charge is 0.298 e. The van der Waals surface area contributed by atoms with Crippen molar-refractivity contribution in [3.05, 3.63) is 48.5 Å². The quantitative estimate of drug-likeness (QED) is 0.528. The molecule has 0 aliphatic rings. The van der Waals surface area contributed by atoms with Gasteiger partial charge in [-0.05, 0) is 17.5 Å². The summed E-state index contributed by atoms with van der Waals surface area (Å²) in [4.78, 5) is 10.6. The highest BCUT2D eigenvalue weighted by Crippen LogP contribution is 2.38. The molecule has 94 valence electrons. The van der Waals surface area contributed by atoms with Crippen LogP contribution < -0.4 is 9.47 Å². The van der Waals surface area contributed by atoms with Crippen molar-refractivity contribution in [1.82, 2.24) is 0 Å². The van der Waals surface area contributed by atoms with Gasteiger partial charge in [0.15, 0.2) is 0 Å². The van der Waals surface area contributed by atoms with E-state index in [0.29, 0.717) is 12.2 Å². The Morgan fingerprint density at radius 3 is 2.53 bits per heavy atom. The van der Waals surface area contributed by atoms with E-state index in [1.165, 1.54) is 0 Å². The van der Waals surface area contributed by atoms with Gasteiger partial charge in [-0.25, -0.2) is 0 Å². The molecule has 0 spiro atoms. The van der Waals surface area contributed by atoms with E-state index < -0.39 is 0 Å². The fourth-order valence-electron chi connectivity index (χ4n) is 2.40. The van der Waals surface area contributed by atoms with Crippen molar-refractivity contribution in [3.63, 3.8) is 0 Å². The topological polar surface area (TPSA) is 35.5 Å². The Hall–Kier alpha value is -2.55. The minimum Gasteiger partial charge on any atom is -0.495 e. The van der Waals surface area contributed by atoms with Crippen LogP contribution in [0, 0.1) is 0 Å². The highest BCUT2D eigenvalue weighted by atomic mass is 16.5. The third-order valence-corrected chi connectivity index (χ3v) is 3.20. The Morgan fingerprint density at radius 2 is 1.74 bits per heavy atom. The van der Waals surface area contributed by atoms with Gasteiger partial charge in [0.2, 0.25) is 0 Å². The second-order valence-corrected chi connectivity index (χ2v) is 4.20. The van der Waals surface area contributed by atoms with Crippen LogP contribution in [0.4, 0.5) is 0 Å². The molecule has 3 heteroatoms. The van der Waals surface area contributed by atoms with Crippen LogP contribution in [0.5, 0.6) is 11.5 Å². The van der Waals surface area contributed by atoms with E-state index in [4.69, 9.17) is 9.47 Å². The Bertz CT molecular complexity index is 762. The molecule has 0 heterocycles. The van der Waals surface area contributed by atoms with Gasteiger partial charge < -0.3 is 9.47 Å². The number of hydrogen-bond donors (Lipinski definition) is 0. The number of methoxy groups -OCH3 is 1. The normalized spacial score (nSPS) is 10.6. The second-order valence-electron chi connectivity index (χ2n) is 4.20. The average molecular weight is 252 g/mol. The lowest BCUT2D eigenvalue weighted by Crippen LogP contribution is -1.92. The van der Waals surface area contributed by atoms with Gasteiger partial charge in [0.05, 0.1) is 7.11 Å². The predicted molar refractivity (Wildman–Crippen MR) is 74.7 cm³/mol. The van der Waals surface area contributed by atoms with Crippen LogP contribution in [0.1, 0.15) is 0 Å². The summed E-state index contributed by atoms with van der Waals surface area (Å²) in [6.07, 6.45) is 0. The van der Waals surface area contributed by atoms with Gasteiger partial charge in [-0.2, -0.15) is 0 Å². The molecule has 0 aromatic heterocycles. The molecule has 0 fully saturated rings. The van der Waals surface area contributed by atoms with E-state index in [-0.39, 0.29) is 0 Å². The van der Waals surface area contributed by atoms with Crippen molar-refractivity contribution in [2.45, 2.75) is 0 Å². The number of carbonyl (C=O) groups excluding carboxylic acids is 1. The highest BCUT2D eigenvalue weighted by Gasteiger charge is 2.10. The van der Waals surface area contributed by atoms with E-state index >= 15 is 0 Å². The highest BCUT2D eigenvalue weighted by molar-refractivity contribution is 6.07. The predicted octanol–water partition coefficient (Wildman–Crippen LogP) is 3.54. The molecule has 0 amide bonds. The van der Waals surface area contributed by atoms with Gasteiger partial charge in [0.1, 0.15) is 11.5 Å². The molecule has 0 unspecified atom stereocenters. The van der Waals surface area contributed by atoms with Crippen molar-refractivity contribution in [2.75, 3.05) is 7.11 Å². The summed E-state index contributed by atoms with van der Waals surface area (Å²) < 4.78 is 10.6. The summed E-state index contributed by atoms with van der Waals surface area (Å²) in [5.41, 5.74) is 0. The van der Waals surface area contributed by atoms with Crippen molar-refractivity contribution in [2.24, 2.45) is 0 Å². The molecule has 3 nitrogen and oxygen atoms in total. The Balaban J connectivity index is 2.47. The maximum Gasteiger partial charge on any atom is 0.298 e. The molecule has 0 bridgehead atoms. The molecule has 3 aromatic rings. The molecule has 0 saturated carbocycles. The Labute approximate surface area is 110 Å². The molecule has 3 aromatic carbocycles. The maximum atomic E-state index is 10.6. The first-order valence-corrected chi connectivity index (χ1v) is 5.94. The molecule has 0 aliphatic carbocycles. The SMILES string of the molecule is COc1c2ccccc2cc2c(OC=O)cccc12. The first-order chi connectivity index (χ1) is 9.35. The standard InChI is InChI=1S/C16H12O3/c1-18-16-12-6-3-2-5-11(12)9-14-13(16)7-4-8-15(14)19-10-17/h2-10H,1H3. The lowest BCUT2D eigenvalue weighted by molar-refractivity contribution is -0.120. The largest absolute Gasteiger partial charge is 0.495 e. The molecule has 0 radical (unpaired) electrons. The van der Waals surface area contributed by atoms with Gasteiger partial charge in [0.25, 0.3) is 6.47 Å². The van der Waals surface area contributed by atoms with Crippen LogP contribution in [-0.2, 0) is 4.79 Å². The van der Waals surface area contributed by atoms with Crippen molar-refractivity contribution in [1.29, 1.82) is 0 Å². The zero-order valence-corrected chi connectivity index (χ0v) is 10.4. The summed E-state index contributed by atoms with van der Waals surface area (Å²) in [5.74, 6) is 1.33. The molecule has 19 heavy (non-hydrogen) atoms. The van der Waals surface area contributed by atoms with Crippen LogP contribution in [-0.4, -0.2) is 13.6 Å². The van der Waals surface area contributed by atoms with E-state index in [1.54, 1.807) is 13.2 Å². The monoisotopic (exact) mass is 252 g/mol. The number of carbonyl (C=O) groups is 1. The molecular formula is C16H12O3. The van der Waals surface area contributed by atoms with E-state index in [2.05, 4.69) is 0 Å². The van der Waals surface area contributed by atoms with Crippen LogP contribution in [0.3, 0.4) is 0 Å². The minimum atomic E-state index is 0.441. The Kier molecular flexibility index (Phi) is 2.80. The first kappa shape index (κ1) is 11.5. The van der Waals surface area contributed by atoms with Gasteiger partial charge in [-0.1, -0.05) is 36.4 Å². The lowest BCUT2D eigenvalue weighted by Gasteiger charge is -2.11. The zero-order chi connectivity index (χ0) is 13.2. The number of rotatable bonds is 3. The summed E-state index contributed by atoms with van der Waals surface area (Å²) in [6, 6.07) is 15.5. The summed E-state index contributed by atoms with van der Waals surface area (Å²) >= 11 is 0. The van der Waals surface area contributed by atoms with Gasteiger partial charge in [-0.3, -0.25) is 4.79 Å². The van der Waals surface area contributed by atoms with Crippen LogP contribution >= 0.6 is 0 Å². The second kappa shape index (κ2) is 4.61. The molecule has 3 rings (SSSR count). The van der Waals surface area contributed by atoms with E-state index in [0.717, 1.165) is 27.3 Å². The number of benzene rings is 3. The summed E-state index contributed by atoms with van der Waals surface area (Å²) in [5, 5.41) is 3.89. The first-order valence-electron chi connectivity index (χ1n) is 5.94. The molecule has 0 atom stereocenters.